The maximum atomic E-state index is 11.4. The van der Waals surface area contributed by atoms with E-state index in [0.29, 0.717) is 5.56 Å². The monoisotopic (exact) mass is 206 g/mol. The first kappa shape index (κ1) is 11.0. The van der Waals surface area contributed by atoms with Crippen LogP contribution in [0.15, 0.2) is 24.3 Å². The number of rotatable bonds is 4. The van der Waals surface area contributed by atoms with Crippen molar-refractivity contribution in [3.63, 3.8) is 0 Å². The lowest BCUT2D eigenvalue weighted by Gasteiger charge is -1.98. The van der Waals surface area contributed by atoms with Gasteiger partial charge < -0.3 is 5.41 Å². The summed E-state index contributed by atoms with van der Waals surface area (Å²) in [6, 6.07) is 5.38. The van der Waals surface area contributed by atoms with Crippen molar-refractivity contribution in [2.75, 3.05) is 0 Å². The molecule has 15 heavy (non-hydrogen) atoms. The number of hydrogen-bond donors (Lipinski definition) is 1. The average Bonchev–Trinajstić information content (AvgIpc) is 2.17. The van der Waals surface area contributed by atoms with E-state index >= 15 is 0 Å². The molecule has 0 unspecified atom stereocenters. The normalized spacial score (nSPS) is 9.67. The Labute approximate surface area is 86.4 Å². The maximum absolute atomic E-state index is 11.4. The molecule has 1 rings (SSSR count). The van der Waals surface area contributed by atoms with Gasteiger partial charge in [-0.3, -0.25) is 14.9 Å². The first-order valence-corrected chi connectivity index (χ1v) is 4.32. The third-order valence-corrected chi connectivity index (χ3v) is 1.83. The minimum atomic E-state index is -0.518. The lowest BCUT2D eigenvalue weighted by molar-refractivity contribution is -0.384. The van der Waals surface area contributed by atoms with Gasteiger partial charge in [0.15, 0.2) is 5.78 Å². The largest absolute Gasteiger partial charge is 0.310 e. The second kappa shape index (κ2) is 4.45. The Bertz CT molecular complexity index is 409. The number of nitro benzene ring substituents is 1. The molecule has 5 heteroatoms. The molecule has 5 nitrogen and oxygen atoms in total. The fourth-order valence-corrected chi connectivity index (χ4v) is 1.11. The van der Waals surface area contributed by atoms with Gasteiger partial charge in [0.2, 0.25) is 0 Å². The van der Waals surface area contributed by atoms with Crippen LogP contribution in [0.3, 0.4) is 0 Å². The zero-order chi connectivity index (χ0) is 11.4. The van der Waals surface area contributed by atoms with Gasteiger partial charge in [0.25, 0.3) is 5.69 Å². The van der Waals surface area contributed by atoms with Crippen LogP contribution in [-0.4, -0.2) is 16.4 Å². The molecule has 0 aliphatic rings. The van der Waals surface area contributed by atoms with E-state index in [-0.39, 0.29) is 23.6 Å². The number of nitrogens with one attached hydrogen (secondary N) is 1. The van der Waals surface area contributed by atoms with Crippen molar-refractivity contribution in [2.45, 2.75) is 13.3 Å². The van der Waals surface area contributed by atoms with Crippen LogP contribution in [-0.2, 0) is 0 Å². The minimum absolute atomic E-state index is 0.0434. The molecule has 0 saturated heterocycles. The molecule has 78 valence electrons. The molecule has 0 aliphatic heterocycles. The Kier molecular flexibility index (Phi) is 3.28. The summed E-state index contributed by atoms with van der Waals surface area (Å²) in [6.45, 7) is 1.54. The molecule has 0 spiro atoms. The summed E-state index contributed by atoms with van der Waals surface area (Å²) >= 11 is 0. The molecule has 1 N–H and O–H groups in total. The Balaban J connectivity index is 2.84. The van der Waals surface area contributed by atoms with Crippen molar-refractivity contribution >= 4 is 17.2 Å². The Morgan fingerprint density at radius 1 is 1.40 bits per heavy atom. The van der Waals surface area contributed by atoms with Crippen LogP contribution >= 0.6 is 0 Å². The van der Waals surface area contributed by atoms with E-state index in [0.717, 1.165) is 0 Å². The highest BCUT2D eigenvalue weighted by atomic mass is 16.6. The lowest BCUT2D eigenvalue weighted by atomic mass is 10.1. The van der Waals surface area contributed by atoms with Crippen molar-refractivity contribution < 1.29 is 9.72 Å². The van der Waals surface area contributed by atoms with E-state index in [1.165, 1.54) is 24.3 Å². The zero-order valence-electron chi connectivity index (χ0n) is 8.19. The van der Waals surface area contributed by atoms with Gasteiger partial charge in [-0.25, -0.2) is 0 Å². The molecule has 0 fully saturated rings. The second-order valence-electron chi connectivity index (χ2n) is 3.18. The highest BCUT2D eigenvalue weighted by Crippen LogP contribution is 2.13. The van der Waals surface area contributed by atoms with Gasteiger partial charge in [-0.1, -0.05) is 0 Å². The van der Waals surface area contributed by atoms with E-state index in [9.17, 15) is 14.9 Å². The predicted molar refractivity (Wildman–Crippen MR) is 55.4 cm³/mol. The van der Waals surface area contributed by atoms with Gasteiger partial charge in [-0.05, 0) is 19.1 Å². The SMILES string of the molecule is CC(=N)CC(=O)c1ccc([N+](=O)[O-])cc1. The van der Waals surface area contributed by atoms with Crippen LogP contribution in [0.1, 0.15) is 23.7 Å². The number of Topliss-reactive ketones (excluding diaryl/α,β-unsaturated/α-hetero) is 1. The summed E-state index contributed by atoms with van der Waals surface area (Å²) < 4.78 is 0. The lowest BCUT2D eigenvalue weighted by Crippen LogP contribution is -2.04. The Morgan fingerprint density at radius 3 is 2.33 bits per heavy atom. The fourth-order valence-electron chi connectivity index (χ4n) is 1.11. The predicted octanol–water partition coefficient (Wildman–Crippen LogP) is 2.21. The number of nitrogens with zero attached hydrogens (tertiary/aromatic N) is 1. The highest BCUT2D eigenvalue weighted by molar-refractivity contribution is 6.08. The Morgan fingerprint density at radius 2 is 1.93 bits per heavy atom. The van der Waals surface area contributed by atoms with Crippen LogP contribution < -0.4 is 0 Å². The Hall–Kier alpha value is -2.04. The van der Waals surface area contributed by atoms with Crippen molar-refractivity contribution in [3.05, 3.63) is 39.9 Å². The third kappa shape index (κ3) is 2.98. The van der Waals surface area contributed by atoms with Gasteiger partial charge in [0.1, 0.15) is 0 Å². The molecule has 0 aliphatic carbocycles. The summed E-state index contributed by atoms with van der Waals surface area (Å²) in [4.78, 5) is 21.3. The number of non-ortho nitro benzene ring substituents is 1. The van der Waals surface area contributed by atoms with Crippen LogP contribution in [0.25, 0.3) is 0 Å². The third-order valence-electron chi connectivity index (χ3n) is 1.83. The zero-order valence-corrected chi connectivity index (χ0v) is 8.19. The first-order chi connectivity index (χ1) is 7.00. The smallest absolute Gasteiger partial charge is 0.269 e. The molecule has 0 bridgehead atoms. The van der Waals surface area contributed by atoms with Crippen LogP contribution in [0.2, 0.25) is 0 Å². The minimum Gasteiger partial charge on any atom is -0.310 e. The number of carbonyl (C=O) groups excluding carboxylic acids is 1. The molecule has 0 amide bonds. The molecule has 1 aromatic rings. The van der Waals surface area contributed by atoms with Crippen molar-refractivity contribution in [1.29, 1.82) is 5.41 Å². The summed E-state index contributed by atoms with van der Waals surface area (Å²) in [5.74, 6) is -0.197. The van der Waals surface area contributed by atoms with Gasteiger partial charge in [-0.15, -0.1) is 0 Å². The molecular formula is C10H10N2O3. The molecule has 0 saturated carbocycles. The van der Waals surface area contributed by atoms with Gasteiger partial charge >= 0.3 is 0 Å². The van der Waals surface area contributed by atoms with E-state index in [1.54, 1.807) is 6.92 Å². The highest BCUT2D eigenvalue weighted by Gasteiger charge is 2.09. The first-order valence-electron chi connectivity index (χ1n) is 4.32. The summed E-state index contributed by atoms with van der Waals surface area (Å²) in [5, 5.41) is 17.5. The summed E-state index contributed by atoms with van der Waals surface area (Å²) in [6.07, 6.45) is 0.0534. The van der Waals surface area contributed by atoms with Crippen molar-refractivity contribution in [3.8, 4) is 0 Å². The standard InChI is InChI=1S/C10H10N2O3/c1-7(11)6-10(13)8-2-4-9(5-3-8)12(14)15/h2-5,11H,6H2,1H3. The van der Waals surface area contributed by atoms with E-state index in [2.05, 4.69) is 0 Å². The average molecular weight is 206 g/mol. The maximum Gasteiger partial charge on any atom is 0.269 e. The van der Waals surface area contributed by atoms with Crippen LogP contribution in [0.4, 0.5) is 5.69 Å². The van der Waals surface area contributed by atoms with Gasteiger partial charge in [0.05, 0.1) is 4.92 Å². The molecule has 0 aromatic heterocycles. The number of carbonyl (C=O) groups is 1. The molecule has 0 heterocycles. The van der Waals surface area contributed by atoms with E-state index in [1.807, 2.05) is 0 Å². The van der Waals surface area contributed by atoms with Crippen LogP contribution in [0.5, 0.6) is 0 Å². The number of ketones is 1. The van der Waals surface area contributed by atoms with E-state index < -0.39 is 4.92 Å². The molecule has 1 aromatic carbocycles. The quantitative estimate of drug-likeness (QED) is 0.354. The van der Waals surface area contributed by atoms with Gasteiger partial charge in [0, 0.05) is 29.8 Å². The molecule has 0 radical (unpaired) electrons. The number of nitro groups is 1. The van der Waals surface area contributed by atoms with Crippen LogP contribution in [0, 0.1) is 15.5 Å². The fraction of sp³-hybridized carbons (Fsp3) is 0.200. The van der Waals surface area contributed by atoms with Gasteiger partial charge in [-0.2, -0.15) is 0 Å². The topological polar surface area (TPSA) is 84.1 Å². The van der Waals surface area contributed by atoms with Crippen molar-refractivity contribution in [2.24, 2.45) is 0 Å². The molecular weight excluding hydrogens is 196 g/mol. The second-order valence-corrected chi connectivity index (χ2v) is 3.18. The number of benzene rings is 1. The summed E-state index contributed by atoms with van der Waals surface area (Å²) in [5.41, 5.74) is 0.628. The van der Waals surface area contributed by atoms with Crippen molar-refractivity contribution in [1.82, 2.24) is 0 Å². The summed E-state index contributed by atoms with van der Waals surface area (Å²) in [7, 11) is 0. The number of hydrogen-bond acceptors (Lipinski definition) is 4. The molecule has 0 atom stereocenters. The van der Waals surface area contributed by atoms with E-state index in [4.69, 9.17) is 5.41 Å².